The van der Waals surface area contributed by atoms with Crippen LogP contribution in [0.3, 0.4) is 0 Å². The van der Waals surface area contributed by atoms with Crippen molar-refractivity contribution in [1.29, 1.82) is 0 Å². The van der Waals surface area contributed by atoms with Crippen molar-refractivity contribution in [3.05, 3.63) is 28.2 Å². The van der Waals surface area contributed by atoms with Crippen molar-refractivity contribution < 1.29 is 15.0 Å². The first-order chi connectivity index (χ1) is 7.95. The van der Waals surface area contributed by atoms with E-state index in [4.69, 9.17) is 5.11 Å². The third kappa shape index (κ3) is 3.71. The SMILES string of the molecule is CC(C)C(CO)Nc1ccc(C(=O)O)c(Br)c1. The predicted octanol–water partition coefficient (Wildman–Crippen LogP) is 2.58. The third-order valence-electron chi connectivity index (χ3n) is 2.55. The molecule has 0 radical (unpaired) electrons. The maximum absolute atomic E-state index is 10.8. The summed E-state index contributed by atoms with van der Waals surface area (Å²) >= 11 is 3.21. The second-order valence-electron chi connectivity index (χ2n) is 4.18. The van der Waals surface area contributed by atoms with Gasteiger partial charge in [-0.15, -0.1) is 0 Å². The molecule has 5 heteroatoms. The van der Waals surface area contributed by atoms with Crippen molar-refractivity contribution in [3.8, 4) is 0 Å². The van der Waals surface area contributed by atoms with Crippen molar-refractivity contribution >= 4 is 27.6 Å². The van der Waals surface area contributed by atoms with Gasteiger partial charge in [0.1, 0.15) is 0 Å². The first-order valence-electron chi connectivity index (χ1n) is 5.36. The molecule has 1 unspecified atom stereocenters. The molecule has 1 aromatic carbocycles. The predicted molar refractivity (Wildman–Crippen MR) is 70.4 cm³/mol. The Kier molecular flexibility index (Phi) is 4.96. The molecule has 3 N–H and O–H groups in total. The first kappa shape index (κ1) is 14.0. The molecule has 0 saturated heterocycles. The number of halogens is 1. The fourth-order valence-corrected chi connectivity index (χ4v) is 1.96. The van der Waals surface area contributed by atoms with Crippen LogP contribution in [0, 0.1) is 5.92 Å². The molecule has 0 aromatic heterocycles. The van der Waals surface area contributed by atoms with Crippen LogP contribution in [0.15, 0.2) is 22.7 Å². The van der Waals surface area contributed by atoms with Crippen LogP contribution in [0.25, 0.3) is 0 Å². The van der Waals surface area contributed by atoms with Crippen LogP contribution in [0.5, 0.6) is 0 Å². The zero-order valence-corrected chi connectivity index (χ0v) is 11.4. The van der Waals surface area contributed by atoms with E-state index in [2.05, 4.69) is 21.2 Å². The molecular formula is C12H16BrNO3. The number of benzene rings is 1. The number of carboxylic acids is 1. The molecule has 1 rings (SSSR count). The molecule has 1 atom stereocenters. The highest BCUT2D eigenvalue weighted by Gasteiger charge is 2.13. The van der Waals surface area contributed by atoms with Gasteiger partial charge in [0.15, 0.2) is 0 Å². The number of aromatic carboxylic acids is 1. The summed E-state index contributed by atoms with van der Waals surface area (Å²) in [4.78, 5) is 10.8. The number of rotatable bonds is 5. The fourth-order valence-electron chi connectivity index (χ4n) is 1.42. The average molecular weight is 302 g/mol. The van der Waals surface area contributed by atoms with Crippen LogP contribution in [-0.2, 0) is 0 Å². The van der Waals surface area contributed by atoms with E-state index in [1.165, 1.54) is 6.07 Å². The Labute approximate surface area is 109 Å². The Bertz CT molecular complexity index is 407. The van der Waals surface area contributed by atoms with E-state index >= 15 is 0 Å². The van der Waals surface area contributed by atoms with Crippen LogP contribution >= 0.6 is 15.9 Å². The lowest BCUT2D eigenvalue weighted by Crippen LogP contribution is -2.29. The molecule has 0 aliphatic carbocycles. The number of carboxylic acid groups (broad SMARTS) is 1. The van der Waals surface area contributed by atoms with Crippen molar-refractivity contribution in [2.45, 2.75) is 19.9 Å². The van der Waals surface area contributed by atoms with Crippen molar-refractivity contribution in [2.24, 2.45) is 5.92 Å². The molecule has 17 heavy (non-hydrogen) atoms. The molecule has 0 heterocycles. The third-order valence-corrected chi connectivity index (χ3v) is 3.21. The highest BCUT2D eigenvalue weighted by atomic mass is 79.9. The monoisotopic (exact) mass is 301 g/mol. The maximum Gasteiger partial charge on any atom is 0.336 e. The zero-order valence-electron chi connectivity index (χ0n) is 9.77. The Morgan fingerprint density at radius 2 is 2.12 bits per heavy atom. The molecule has 0 fully saturated rings. The van der Waals surface area contributed by atoms with Gasteiger partial charge in [0.25, 0.3) is 0 Å². The molecular weight excluding hydrogens is 286 g/mol. The minimum Gasteiger partial charge on any atom is -0.478 e. The Morgan fingerprint density at radius 1 is 1.47 bits per heavy atom. The van der Waals surface area contributed by atoms with Crippen molar-refractivity contribution in [2.75, 3.05) is 11.9 Å². The molecule has 0 spiro atoms. The molecule has 94 valence electrons. The number of anilines is 1. The number of hydrogen-bond donors (Lipinski definition) is 3. The van der Waals surface area contributed by atoms with E-state index in [1.54, 1.807) is 12.1 Å². The van der Waals surface area contributed by atoms with Crippen LogP contribution in [0.4, 0.5) is 5.69 Å². The summed E-state index contributed by atoms with van der Waals surface area (Å²) in [5.74, 6) is -0.677. The van der Waals surface area contributed by atoms with Crippen molar-refractivity contribution in [1.82, 2.24) is 0 Å². The second-order valence-corrected chi connectivity index (χ2v) is 5.03. The smallest absolute Gasteiger partial charge is 0.336 e. The van der Waals surface area contributed by atoms with E-state index in [0.717, 1.165) is 5.69 Å². The van der Waals surface area contributed by atoms with Crippen LogP contribution < -0.4 is 5.32 Å². The lowest BCUT2D eigenvalue weighted by molar-refractivity contribution is 0.0696. The highest BCUT2D eigenvalue weighted by Crippen LogP contribution is 2.22. The van der Waals surface area contributed by atoms with E-state index in [0.29, 0.717) is 4.47 Å². The topological polar surface area (TPSA) is 69.6 Å². The summed E-state index contributed by atoms with van der Waals surface area (Å²) in [5, 5.41) is 21.2. The second kappa shape index (κ2) is 6.02. The van der Waals surface area contributed by atoms with Crippen molar-refractivity contribution in [3.63, 3.8) is 0 Å². The molecule has 0 saturated carbocycles. The van der Waals surface area contributed by atoms with Crippen LogP contribution in [0.2, 0.25) is 0 Å². The van der Waals surface area contributed by atoms with Gasteiger partial charge in [-0.1, -0.05) is 13.8 Å². The number of aliphatic hydroxyl groups is 1. The van der Waals surface area contributed by atoms with E-state index in [-0.39, 0.29) is 24.1 Å². The van der Waals surface area contributed by atoms with Gasteiger partial charge in [-0.2, -0.15) is 0 Å². The highest BCUT2D eigenvalue weighted by molar-refractivity contribution is 9.10. The molecule has 0 aliphatic heterocycles. The Balaban J connectivity index is 2.87. The summed E-state index contributed by atoms with van der Waals surface area (Å²) < 4.78 is 0.524. The minimum atomic E-state index is -0.967. The molecule has 0 aliphatic rings. The van der Waals surface area contributed by atoms with Gasteiger partial charge < -0.3 is 15.5 Å². The van der Waals surface area contributed by atoms with Crippen LogP contribution in [-0.4, -0.2) is 28.8 Å². The number of carbonyl (C=O) groups is 1. The van der Waals surface area contributed by atoms with E-state index in [1.807, 2.05) is 13.8 Å². The number of aliphatic hydroxyl groups excluding tert-OH is 1. The fraction of sp³-hybridized carbons (Fsp3) is 0.417. The number of hydrogen-bond acceptors (Lipinski definition) is 3. The molecule has 1 aromatic rings. The molecule has 0 amide bonds. The summed E-state index contributed by atoms with van der Waals surface area (Å²) in [6.45, 7) is 4.05. The van der Waals surface area contributed by atoms with Gasteiger partial charge >= 0.3 is 5.97 Å². The lowest BCUT2D eigenvalue weighted by atomic mass is 10.0. The quantitative estimate of drug-likeness (QED) is 0.782. The van der Waals surface area contributed by atoms with E-state index < -0.39 is 5.97 Å². The van der Waals surface area contributed by atoms with Gasteiger partial charge in [-0.25, -0.2) is 4.79 Å². The van der Waals surface area contributed by atoms with Gasteiger partial charge in [-0.3, -0.25) is 0 Å². The van der Waals surface area contributed by atoms with Gasteiger partial charge in [0.05, 0.1) is 18.2 Å². The lowest BCUT2D eigenvalue weighted by Gasteiger charge is -2.21. The zero-order chi connectivity index (χ0) is 13.0. The maximum atomic E-state index is 10.8. The summed E-state index contributed by atoms with van der Waals surface area (Å²) in [7, 11) is 0. The standard InChI is InChI=1S/C12H16BrNO3/c1-7(2)11(6-15)14-8-3-4-9(12(16)17)10(13)5-8/h3-5,7,11,14-15H,6H2,1-2H3,(H,16,17). The summed E-state index contributed by atoms with van der Waals surface area (Å²) in [5.41, 5.74) is 1.01. The van der Waals surface area contributed by atoms with Crippen LogP contribution in [0.1, 0.15) is 24.2 Å². The molecule has 0 bridgehead atoms. The average Bonchev–Trinajstić information content (AvgIpc) is 2.24. The molecule has 4 nitrogen and oxygen atoms in total. The normalized spacial score (nSPS) is 12.5. The summed E-state index contributed by atoms with van der Waals surface area (Å²) in [6, 6.07) is 4.88. The minimum absolute atomic E-state index is 0.0377. The van der Waals surface area contributed by atoms with Gasteiger partial charge in [0, 0.05) is 10.2 Å². The van der Waals surface area contributed by atoms with E-state index in [9.17, 15) is 9.90 Å². The Hall–Kier alpha value is -1.07. The van der Waals surface area contributed by atoms with Gasteiger partial charge in [0.2, 0.25) is 0 Å². The first-order valence-corrected chi connectivity index (χ1v) is 6.15. The Morgan fingerprint density at radius 3 is 2.53 bits per heavy atom. The largest absolute Gasteiger partial charge is 0.478 e. The van der Waals surface area contributed by atoms with Gasteiger partial charge in [-0.05, 0) is 40.0 Å². The number of nitrogens with one attached hydrogen (secondary N) is 1. The summed E-state index contributed by atoms with van der Waals surface area (Å²) in [6.07, 6.45) is 0.